The Bertz CT molecular complexity index is 1850. The molecule has 2 aromatic heterocycles. The molecule has 0 saturated carbocycles. The zero-order valence-electron chi connectivity index (χ0n) is 23.9. The van der Waals surface area contributed by atoms with E-state index in [-0.39, 0.29) is 5.92 Å². The van der Waals surface area contributed by atoms with Crippen LogP contribution in [0.3, 0.4) is 0 Å². The van der Waals surface area contributed by atoms with Crippen molar-refractivity contribution in [1.82, 2.24) is 9.97 Å². The van der Waals surface area contributed by atoms with Gasteiger partial charge in [0.1, 0.15) is 24.7 Å². The van der Waals surface area contributed by atoms with Gasteiger partial charge < -0.3 is 14.6 Å². The van der Waals surface area contributed by atoms with Crippen LogP contribution in [-0.2, 0) is 18.0 Å². The summed E-state index contributed by atoms with van der Waals surface area (Å²) in [6, 6.07) is 39.2. The maximum absolute atomic E-state index is 12.3. The Labute approximate surface area is 250 Å². The second-order valence-electron chi connectivity index (χ2n) is 10.7. The van der Waals surface area contributed by atoms with Crippen LogP contribution >= 0.6 is 0 Å². The normalized spacial score (nSPS) is 12.6. The zero-order valence-corrected chi connectivity index (χ0v) is 23.9. The lowest BCUT2D eigenvalue weighted by molar-refractivity contribution is -0.139. The molecule has 0 radical (unpaired) electrons. The maximum atomic E-state index is 12.3. The quantitative estimate of drug-likeness (QED) is 0.169. The van der Waals surface area contributed by atoms with Gasteiger partial charge in [0.25, 0.3) is 0 Å². The molecule has 2 unspecified atom stereocenters. The molecule has 0 bridgehead atoms. The molecule has 0 saturated heterocycles. The summed E-state index contributed by atoms with van der Waals surface area (Å²) in [5.74, 6) is -0.0300. The number of fused-ring (bicyclic) bond motifs is 2. The molecule has 6 aromatic rings. The number of carboxylic acids is 1. The van der Waals surface area contributed by atoms with Gasteiger partial charge in [0.15, 0.2) is 0 Å². The van der Waals surface area contributed by atoms with E-state index in [9.17, 15) is 9.90 Å². The van der Waals surface area contributed by atoms with Gasteiger partial charge >= 0.3 is 5.97 Å². The average molecular weight is 569 g/mol. The Morgan fingerprint density at radius 3 is 1.58 bits per heavy atom. The number of pyridine rings is 2. The van der Waals surface area contributed by atoms with Gasteiger partial charge in [-0.2, -0.15) is 0 Å². The number of ether oxygens (including phenoxy) is 2. The van der Waals surface area contributed by atoms with Crippen molar-refractivity contribution in [2.24, 2.45) is 0 Å². The van der Waals surface area contributed by atoms with Crippen LogP contribution in [0.15, 0.2) is 121 Å². The molecule has 6 rings (SSSR count). The Balaban J connectivity index is 1.04. The maximum Gasteiger partial charge on any atom is 0.310 e. The standard InChI is InChI=1S/C37H32N2O4/c1-25(26-12-18-32(19-13-26)42-23-30-16-10-28-6-2-4-8-35(28)38-30)22-34(37(40)41)27-14-20-33(21-15-27)43-24-31-17-11-29-7-3-5-9-36(29)39-31/h2-21,25,34H,22-24H2,1H3,(H,40,41). The van der Waals surface area contributed by atoms with Gasteiger partial charge in [0.05, 0.1) is 28.3 Å². The van der Waals surface area contributed by atoms with Crippen LogP contribution in [0.2, 0.25) is 0 Å². The number of carboxylic acid groups (broad SMARTS) is 1. The first kappa shape index (κ1) is 27.9. The van der Waals surface area contributed by atoms with Crippen LogP contribution in [-0.4, -0.2) is 21.0 Å². The third-order valence-electron chi connectivity index (χ3n) is 7.70. The van der Waals surface area contributed by atoms with Crippen LogP contribution in [0.25, 0.3) is 21.8 Å². The van der Waals surface area contributed by atoms with E-state index in [2.05, 4.69) is 23.0 Å². The summed E-state index contributed by atoms with van der Waals surface area (Å²) in [5.41, 5.74) is 5.38. The molecule has 214 valence electrons. The second-order valence-corrected chi connectivity index (χ2v) is 10.7. The van der Waals surface area contributed by atoms with Gasteiger partial charge in [0.2, 0.25) is 0 Å². The Kier molecular flexibility index (Phi) is 8.27. The highest BCUT2D eigenvalue weighted by molar-refractivity contribution is 5.79. The van der Waals surface area contributed by atoms with Crippen LogP contribution in [0.5, 0.6) is 11.5 Å². The number of aliphatic carboxylic acids is 1. The van der Waals surface area contributed by atoms with Crippen molar-refractivity contribution in [3.8, 4) is 11.5 Å². The fraction of sp³-hybridized carbons (Fsp3) is 0.162. The highest BCUT2D eigenvalue weighted by Gasteiger charge is 2.23. The summed E-state index contributed by atoms with van der Waals surface area (Å²) in [4.78, 5) is 21.6. The number of aromatic nitrogens is 2. The molecule has 6 heteroatoms. The van der Waals surface area contributed by atoms with E-state index >= 15 is 0 Å². The molecule has 0 aliphatic carbocycles. The molecular weight excluding hydrogens is 536 g/mol. The number of hydrogen-bond acceptors (Lipinski definition) is 5. The first-order valence-electron chi connectivity index (χ1n) is 14.4. The minimum Gasteiger partial charge on any atom is -0.487 e. The number of nitrogens with zero attached hydrogens (tertiary/aromatic N) is 2. The minimum absolute atomic E-state index is 0.0345. The molecule has 0 aliphatic rings. The highest BCUT2D eigenvalue weighted by atomic mass is 16.5. The number of carbonyl (C=O) groups is 1. The second kappa shape index (κ2) is 12.7. The summed E-state index contributed by atoms with van der Waals surface area (Å²) in [5, 5.41) is 12.2. The number of rotatable bonds is 11. The van der Waals surface area contributed by atoms with Crippen molar-refractivity contribution >= 4 is 27.8 Å². The number of para-hydroxylation sites is 2. The molecular formula is C37H32N2O4. The van der Waals surface area contributed by atoms with Gasteiger partial charge in [-0.15, -0.1) is 0 Å². The van der Waals surface area contributed by atoms with Crippen LogP contribution in [0.4, 0.5) is 0 Å². The SMILES string of the molecule is CC(CC(C(=O)O)c1ccc(OCc2ccc3ccccc3n2)cc1)c1ccc(OCc2ccc3ccccc3n2)cc1. The molecule has 43 heavy (non-hydrogen) atoms. The molecule has 2 heterocycles. The Morgan fingerprint density at radius 1 is 0.628 bits per heavy atom. The van der Waals surface area contributed by atoms with E-state index < -0.39 is 11.9 Å². The number of benzene rings is 4. The van der Waals surface area contributed by atoms with E-state index in [1.165, 1.54) is 0 Å². The molecule has 1 N–H and O–H groups in total. The van der Waals surface area contributed by atoms with Gasteiger partial charge in [-0.05, 0) is 72.0 Å². The lowest BCUT2D eigenvalue weighted by Crippen LogP contribution is -2.14. The summed E-state index contributed by atoms with van der Waals surface area (Å²) in [6.07, 6.45) is 0.470. The first-order chi connectivity index (χ1) is 21.0. The Hall–Kier alpha value is -5.23. The van der Waals surface area contributed by atoms with Crippen LogP contribution in [0.1, 0.15) is 47.7 Å². The summed E-state index contributed by atoms with van der Waals surface area (Å²) < 4.78 is 11.9. The summed E-state index contributed by atoms with van der Waals surface area (Å²) in [6.45, 7) is 2.76. The molecule has 6 nitrogen and oxygen atoms in total. The van der Waals surface area contributed by atoms with Gasteiger partial charge in [0, 0.05) is 10.8 Å². The molecule has 0 amide bonds. The van der Waals surface area contributed by atoms with E-state index in [0.717, 1.165) is 50.1 Å². The van der Waals surface area contributed by atoms with Gasteiger partial charge in [-0.3, -0.25) is 4.79 Å². The molecule has 2 atom stereocenters. The third-order valence-corrected chi connectivity index (χ3v) is 7.70. The van der Waals surface area contributed by atoms with Crippen molar-refractivity contribution in [3.05, 3.63) is 144 Å². The van der Waals surface area contributed by atoms with Gasteiger partial charge in [-0.25, -0.2) is 9.97 Å². The minimum atomic E-state index is -0.844. The van der Waals surface area contributed by atoms with Crippen LogP contribution < -0.4 is 9.47 Å². The zero-order chi connectivity index (χ0) is 29.6. The fourth-order valence-corrected chi connectivity index (χ4v) is 5.25. The fourth-order valence-electron chi connectivity index (χ4n) is 5.25. The third kappa shape index (κ3) is 6.81. The van der Waals surface area contributed by atoms with Crippen molar-refractivity contribution in [2.45, 2.75) is 38.4 Å². The van der Waals surface area contributed by atoms with Crippen molar-refractivity contribution in [1.29, 1.82) is 0 Å². The van der Waals surface area contributed by atoms with Crippen LogP contribution in [0, 0.1) is 0 Å². The summed E-state index contributed by atoms with van der Waals surface area (Å²) >= 11 is 0. The highest BCUT2D eigenvalue weighted by Crippen LogP contribution is 2.32. The lowest BCUT2D eigenvalue weighted by Gasteiger charge is -2.19. The molecule has 0 aliphatic heterocycles. The van der Waals surface area contributed by atoms with E-state index in [4.69, 9.17) is 9.47 Å². The van der Waals surface area contributed by atoms with E-state index in [1.54, 1.807) is 0 Å². The van der Waals surface area contributed by atoms with Crippen molar-refractivity contribution in [2.75, 3.05) is 0 Å². The topological polar surface area (TPSA) is 81.5 Å². The monoisotopic (exact) mass is 568 g/mol. The molecule has 4 aromatic carbocycles. The largest absolute Gasteiger partial charge is 0.487 e. The van der Waals surface area contributed by atoms with Crippen molar-refractivity contribution in [3.63, 3.8) is 0 Å². The predicted octanol–water partition coefficient (Wildman–Crippen LogP) is 8.30. The van der Waals surface area contributed by atoms with E-state index in [1.807, 2.05) is 115 Å². The van der Waals surface area contributed by atoms with E-state index in [0.29, 0.717) is 25.4 Å². The van der Waals surface area contributed by atoms with Crippen molar-refractivity contribution < 1.29 is 19.4 Å². The predicted molar refractivity (Wildman–Crippen MR) is 168 cm³/mol. The van der Waals surface area contributed by atoms with Gasteiger partial charge in [-0.1, -0.05) is 79.7 Å². The lowest BCUT2D eigenvalue weighted by atomic mass is 9.86. The summed E-state index contributed by atoms with van der Waals surface area (Å²) in [7, 11) is 0. The average Bonchev–Trinajstić information content (AvgIpc) is 3.05. The smallest absolute Gasteiger partial charge is 0.310 e. The number of hydrogen-bond donors (Lipinski definition) is 1. The molecule has 0 fully saturated rings. The Morgan fingerprint density at radius 2 is 1.09 bits per heavy atom. The molecule has 0 spiro atoms. The first-order valence-corrected chi connectivity index (χ1v) is 14.4.